The van der Waals surface area contributed by atoms with Gasteiger partial charge in [0.2, 0.25) is 11.8 Å². The molecule has 6 nitrogen and oxygen atoms in total. The highest BCUT2D eigenvalue weighted by atomic mass is 16.2. The first kappa shape index (κ1) is 19.8. The summed E-state index contributed by atoms with van der Waals surface area (Å²) in [5.41, 5.74) is 2.84. The molecular weight excluding hydrogens is 376 g/mol. The van der Waals surface area contributed by atoms with Gasteiger partial charge in [-0.15, -0.1) is 0 Å². The summed E-state index contributed by atoms with van der Waals surface area (Å²) in [6.45, 7) is 1.49. The number of hydrogen-bond donors (Lipinski definition) is 1. The number of amides is 2. The first-order valence-electron chi connectivity index (χ1n) is 9.86. The van der Waals surface area contributed by atoms with E-state index >= 15 is 0 Å². The normalized spacial score (nSPS) is 14.4. The van der Waals surface area contributed by atoms with Gasteiger partial charge >= 0.3 is 0 Å². The molecule has 2 heterocycles. The van der Waals surface area contributed by atoms with Crippen LogP contribution in [0.4, 0.5) is 5.82 Å². The molecule has 1 aliphatic rings. The van der Waals surface area contributed by atoms with Crippen molar-refractivity contribution < 1.29 is 9.59 Å². The van der Waals surface area contributed by atoms with Gasteiger partial charge in [0.25, 0.3) is 0 Å². The van der Waals surface area contributed by atoms with Gasteiger partial charge in [0.05, 0.1) is 6.54 Å². The molecule has 1 aliphatic heterocycles. The Bertz CT molecular complexity index is 1140. The van der Waals surface area contributed by atoms with Crippen LogP contribution in [0.5, 0.6) is 0 Å². The summed E-state index contributed by atoms with van der Waals surface area (Å²) < 4.78 is 0. The van der Waals surface area contributed by atoms with E-state index in [-0.39, 0.29) is 11.8 Å². The van der Waals surface area contributed by atoms with Gasteiger partial charge in [0.15, 0.2) is 0 Å². The van der Waals surface area contributed by atoms with Crippen LogP contribution in [0.3, 0.4) is 0 Å². The molecule has 0 spiro atoms. The highest BCUT2D eigenvalue weighted by Gasteiger charge is 2.17. The van der Waals surface area contributed by atoms with Crippen molar-refractivity contribution in [2.45, 2.75) is 13.1 Å². The van der Waals surface area contributed by atoms with Gasteiger partial charge in [-0.05, 0) is 47.2 Å². The highest BCUT2D eigenvalue weighted by molar-refractivity contribution is 5.93. The Kier molecular flexibility index (Phi) is 5.59. The molecule has 0 saturated heterocycles. The molecule has 152 valence electrons. The number of carbonyl (C=O) groups is 2. The third-order valence-corrected chi connectivity index (χ3v) is 5.13. The molecule has 0 atom stereocenters. The Hall–Kier alpha value is -3.51. The van der Waals surface area contributed by atoms with Crippen LogP contribution in [0.2, 0.25) is 0 Å². The van der Waals surface area contributed by atoms with Gasteiger partial charge in [0, 0.05) is 38.0 Å². The van der Waals surface area contributed by atoms with Crippen molar-refractivity contribution in [1.29, 1.82) is 0 Å². The number of benzene rings is 2. The second kappa shape index (κ2) is 8.47. The number of pyridine rings is 1. The molecule has 0 bridgehead atoms. The summed E-state index contributed by atoms with van der Waals surface area (Å²) in [4.78, 5) is 32.3. The maximum absolute atomic E-state index is 12.6. The minimum Gasteiger partial charge on any atom is -0.338 e. The van der Waals surface area contributed by atoms with Gasteiger partial charge in [-0.3, -0.25) is 14.5 Å². The predicted molar refractivity (Wildman–Crippen MR) is 119 cm³/mol. The lowest BCUT2D eigenvalue weighted by atomic mass is 10.1. The summed E-state index contributed by atoms with van der Waals surface area (Å²) >= 11 is 0. The van der Waals surface area contributed by atoms with Crippen LogP contribution < -0.4 is 5.32 Å². The zero-order valence-corrected chi connectivity index (χ0v) is 17.1. The number of fused-ring (bicyclic) bond motifs is 2. The van der Waals surface area contributed by atoms with Gasteiger partial charge in [-0.1, -0.05) is 36.4 Å². The second-order valence-electron chi connectivity index (χ2n) is 7.71. The number of rotatable bonds is 4. The van der Waals surface area contributed by atoms with Crippen LogP contribution in [-0.2, 0) is 22.7 Å². The summed E-state index contributed by atoms with van der Waals surface area (Å²) in [5, 5.41) is 5.17. The largest absolute Gasteiger partial charge is 0.338 e. The molecule has 6 heteroatoms. The van der Waals surface area contributed by atoms with E-state index in [9.17, 15) is 9.59 Å². The van der Waals surface area contributed by atoms with E-state index in [0.29, 0.717) is 25.5 Å². The molecule has 3 aromatic rings. The SMILES string of the molecule is CN1CC(=O)Nc2ncc(C=CC(=O)N(C)Cc3ccc4ccccc4c3)cc2C1. The lowest BCUT2D eigenvalue weighted by molar-refractivity contribution is -0.125. The van der Waals surface area contributed by atoms with E-state index in [0.717, 1.165) is 16.7 Å². The Morgan fingerprint density at radius 3 is 2.80 bits per heavy atom. The second-order valence-corrected chi connectivity index (χ2v) is 7.71. The van der Waals surface area contributed by atoms with E-state index in [1.807, 2.05) is 30.1 Å². The maximum atomic E-state index is 12.6. The zero-order valence-electron chi connectivity index (χ0n) is 17.1. The molecule has 1 N–H and O–H groups in total. The minimum absolute atomic E-state index is 0.0717. The van der Waals surface area contributed by atoms with Crippen molar-refractivity contribution in [2.75, 3.05) is 26.0 Å². The molecule has 0 unspecified atom stereocenters. The highest BCUT2D eigenvalue weighted by Crippen LogP contribution is 2.20. The monoisotopic (exact) mass is 400 g/mol. The summed E-state index contributed by atoms with van der Waals surface area (Å²) in [5.74, 6) is 0.433. The Morgan fingerprint density at radius 2 is 1.97 bits per heavy atom. The first-order valence-corrected chi connectivity index (χ1v) is 9.86. The standard InChI is InChI=1S/C24H24N4O2/c1-27-15-21-11-17(13-25-24(21)26-22(29)16-27)8-10-23(30)28(2)14-18-7-9-19-5-3-4-6-20(19)12-18/h3-13H,14-16H2,1-2H3,(H,25,26,29). The van der Waals surface area contributed by atoms with Gasteiger partial charge < -0.3 is 10.2 Å². The lowest BCUT2D eigenvalue weighted by Gasteiger charge is -2.15. The van der Waals surface area contributed by atoms with E-state index < -0.39 is 0 Å². The molecule has 2 amide bonds. The fraction of sp³-hybridized carbons (Fsp3) is 0.208. The average Bonchev–Trinajstić information content (AvgIpc) is 2.87. The van der Waals surface area contributed by atoms with Gasteiger partial charge in [-0.25, -0.2) is 4.98 Å². The summed E-state index contributed by atoms with van der Waals surface area (Å²) in [7, 11) is 3.68. The number of hydrogen-bond acceptors (Lipinski definition) is 4. The van der Waals surface area contributed by atoms with Crippen LogP contribution in [0.25, 0.3) is 16.8 Å². The Morgan fingerprint density at radius 1 is 1.17 bits per heavy atom. The van der Waals surface area contributed by atoms with Crippen LogP contribution >= 0.6 is 0 Å². The van der Waals surface area contributed by atoms with E-state index in [1.165, 1.54) is 10.8 Å². The molecule has 0 aliphatic carbocycles. The van der Waals surface area contributed by atoms with Crippen molar-refractivity contribution in [2.24, 2.45) is 0 Å². The number of aromatic nitrogens is 1. The summed E-state index contributed by atoms with van der Waals surface area (Å²) in [6, 6.07) is 16.4. The lowest BCUT2D eigenvalue weighted by Crippen LogP contribution is -2.26. The predicted octanol–water partition coefficient (Wildman–Crippen LogP) is 3.29. The van der Waals surface area contributed by atoms with Crippen molar-refractivity contribution in [3.8, 4) is 0 Å². The van der Waals surface area contributed by atoms with Gasteiger partial charge in [0.1, 0.15) is 5.82 Å². The molecule has 30 heavy (non-hydrogen) atoms. The number of nitrogens with one attached hydrogen (secondary N) is 1. The van der Waals surface area contributed by atoms with Crippen LogP contribution in [-0.4, -0.2) is 47.2 Å². The Balaban J connectivity index is 1.44. The smallest absolute Gasteiger partial charge is 0.246 e. The molecule has 1 aromatic heterocycles. The maximum Gasteiger partial charge on any atom is 0.246 e. The van der Waals surface area contributed by atoms with E-state index in [1.54, 1.807) is 30.3 Å². The Labute approximate surface area is 175 Å². The number of likely N-dealkylation sites (N-methyl/N-ethyl adjacent to an activating group) is 2. The molecule has 2 aromatic carbocycles. The van der Waals surface area contributed by atoms with Crippen LogP contribution in [0, 0.1) is 0 Å². The molecule has 0 saturated carbocycles. The van der Waals surface area contributed by atoms with E-state index in [2.05, 4.69) is 40.6 Å². The fourth-order valence-electron chi connectivity index (χ4n) is 3.60. The van der Waals surface area contributed by atoms with Crippen molar-refractivity contribution in [1.82, 2.24) is 14.8 Å². The third kappa shape index (κ3) is 4.55. The minimum atomic E-state index is -0.0801. The van der Waals surface area contributed by atoms with Crippen molar-refractivity contribution in [3.05, 3.63) is 77.5 Å². The first-order chi connectivity index (χ1) is 14.5. The average molecular weight is 400 g/mol. The van der Waals surface area contributed by atoms with Gasteiger partial charge in [-0.2, -0.15) is 0 Å². The van der Waals surface area contributed by atoms with Crippen LogP contribution in [0.15, 0.2) is 60.8 Å². The topological polar surface area (TPSA) is 65.5 Å². The quantitative estimate of drug-likeness (QED) is 0.683. The molecular formula is C24H24N4O2. The summed E-state index contributed by atoms with van der Waals surface area (Å²) in [6.07, 6.45) is 4.99. The molecule has 0 fully saturated rings. The molecule has 0 radical (unpaired) electrons. The fourth-order valence-corrected chi connectivity index (χ4v) is 3.60. The number of anilines is 1. The van der Waals surface area contributed by atoms with Crippen molar-refractivity contribution in [3.63, 3.8) is 0 Å². The van der Waals surface area contributed by atoms with Crippen molar-refractivity contribution >= 4 is 34.5 Å². The molecule has 4 rings (SSSR count). The number of carbonyl (C=O) groups excluding carboxylic acids is 2. The number of nitrogens with zero attached hydrogens (tertiary/aromatic N) is 3. The van der Waals surface area contributed by atoms with Crippen LogP contribution in [0.1, 0.15) is 16.7 Å². The van der Waals surface area contributed by atoms with E-state index in [4.69, 9.17) is 0 Å². The zero-order chi connectivity index (χ0) is 21.1. The third-order valence-electron chi connectivity index (χ3n) is 5.13.